The van der Waals surface area contributed by atoms with Gasteiger partial charge in [0.25, 0.3) is 0 Å². The minimum Gasteiger partial charge on any atom is -0.368 e. The highest BCUT2D eigenvalue weighted by Crippen LogP contribution is 2.18. The molecule has 0 radical (unpaired) electrons. The molecule has 2 N–H and O–H groups in total. The van der Waals surface area contributed by atoms with Gasteiger partial charge in [0.05, 0.1) is 11.6 Å². The molecular formula is C21H23N7. The van der Waals surface area contributed by atoms with Gasteiger partial charge in [0.2, 0.25) is 5.95 Å². The minimum absolute atomic E-state index is 0.324. The fourth-order valence-electron chi connectivity index (χ4n) is 3.20. The van der Waals surface area contributed by atoms with Gasteiger partial charge in [-0.1, -0.05) is 54.1 Å². The summed E-state index contributed by atoms with van der Waals surface area (Å²) >= 11 is 0. The molecule has 3 heterocycles. The van der Waals surface area contributed by atoms with Gasteiger partial charge in [-0.05, 0) is 31.7 Å². The van der Waals surface area contributed by atoms with Crippen molar-refractivity contribution < 1.29 is 0 Å². The lowest BCUT2D eigenvalue weighted by atomic mass is 10.1. The zero-order valence-electron chi connectivity index (χ0n) is 15.9. The molecule has 0 saturated heterocycles. The molecule has 0 bridgehead atoms. The molecule has 0 aliphatic heterocycles. The van der Waals surface area contributed by atoms with E-state index in [1.165, 1.54) is 28.4 Å². The predicted octanol–water partition coefficient (Wildman–Crippen LogP) is 3.58. The second-order valence-corrected chi connectivity index (χ2v) is 6.80. The summed E-state index contributed by atoms with van der Waals surface area (Å²) in [5.74, 6) is 0.324. The topological polar surface area (TPSA) is 86.9 Å². The van der Waals surface area contributed by atoms with Gasteiger partial charge in [0, 0.05) is 6.54 Å². The van der Waals surface area contributed by atoms with E-state index in [4.69, 9.17) is 5.73 Å². The van der Waals surface area contributed by atoms with Crippen molar-refractivity contribution in [2.75, 3.05) is 5.73 Å². The molecular weight excluding hydrogens is 350 g/mol. The maximum absolute atomic E-state index is 5.92. The average molecular weight is 373 g/mol. The second-order valence-electron chi connectivity index (χ2n) is 6.80. The smallest absolute Gasteiger partial charge is 0.225 e. The number of allylic oxidation sites excluding steroid dienone is 4. The summed E-state index contributed by atoms with van der Waals surface area (Å²) in [5, 5.41) is 9.34. The molecule has 0 fully saturated rings. The van der Waals surface area contributed by atoms with Gasteiger partial charge in [0.15, 0.2) is 11.3 Å². The number of aromatic nitrogens is 6. The van der Waals surface area contributed by atoms with Gasteiger partial charge in [-0.2, -0.15) is 19.7 Å². The first-order valence-electron chi connectivity index (χ1n) is 9.39. The first-order valence-corrected chi connectivity index (χ1v) is 9.39. The Morgan fingerprint density at radius 3 is 2.68 bits per heavy atom. The fourth-order valence-corrected chi connectivity index (χ4v) is 3.20. The van der Waals surface area contributed by atoms with E-state index in [9.17, 15) is 0 Å². The van der Waals surface area contributed by atoms with Crippen LogP contribution in [0.4, 0.5) is 5.95 Å². The molecule has 0 spiro atoms. The van der Waals surface area contributed by atoms with Crippen LogP contribution in [-0.2, 0) is 13.0 Å². The molecule has 1 aliphatic rings. The number of anilines is 1. The van der Waals surface area contributed by atoms with Crippen LogP contribution in [0.5, 0.6) is 0 Å². The molecule has 7 nitrogen and oxygen atoms in total. The van der Waals surface area contributed by atoms with Gasteiger partial charge in [-0.25, -0.2) is 9.67 Å². The lowest BCUT2D eigenvalue weighted by Crippen LogP contribution is -2.06. The molecule has 4 aromatic rings. The van der Waals surface area contributed by atoms with Crippen molar-refractivity contribution in [3.8, 4) is 0 Å². The van der Waals surface area contributed by atoms with Crippen molar-refractivity contribution >= 4 is 22.6 Å². The van der Waals surface area contributed by atoms with E-state index in [2.05, 4.69) is 69.6 Å². The number of nitrogen functional groups attached to an aromatic ring is 1. The Morgan fingerprint density at radius 1 is 1.11 bits per heavy atom. The van der Waals surface area contributed by atoms with Gasteiger partial charge in [-0.3, -0.25) is 0 Å². The molecule has 3 aromatic heterocycles. The Balaban J connectivity index is 0.000000275. The molecule has 28 heavy (non-hydrogen) atoms. The van der Waals surface area contributed by atoms with E-state index in [1.54, 1.807) is 6.20 Å². The van der Waals surface area contributed by atoms with E-state index >= 15 is 0 Å². The summed E-state index contributed by atoms with van der Waals surface area (Å²) < 4.78 is 3.40. The van der Waals surface area contributed by atoms with E-state index in [0.29, 0.717) is 11.6 Å². The first kappa shape index (κ1) is 17.9. The van der Waals surface area contributed by atoms with Crippen LogP contribution in [0.25, 0.3) is 16.7 Å². The number of fused-ring (bicyclic) bond motifs is 3. The molecule has 0 unspecified atom stereocenters. The van der Waals surface area contributed by atoms with Crippen LogP contribution in [0.15, 0.2) is 66.7 Å². The largest absolute Gasteiger partial charge is 0.368 e. The molecule has 1 aliphatic carbocycles. The third-order valence-corrected chi connectivity index (χ3v) is 4.67. The number of rotatable bonds is 4. The Labute approximate surface area is 163 Å². The third-order valence-electron chi connectivity index (χ3n) is 4.67. The summed E-state index contributed by atoms with van der Waals surface area (Å²) in [4.78, 5) is 8.63. The van der Waals surface area contributed by atoms with Crippen molar-refractivity contribution in [2.24, 2.45) is 0 Å². The number of nitrogens with zero attached hydrogens (tertiary/aromatic N) is 6. The Bertz CT molecular complexity index is 1140. The lowest BCUT2D eigenvalue weighted by molar-refractivity contribution is 0.591. The van der Waals surface area contributed by atoms with Crippen LogP contribution in [0.2, 0.25) is 0 Å². The molecule has 0 amide bonds. The van der Waals surface area contributed by atoms with Gasteiger partial charge < -0.3 is 5.73 Å². The van der Waals surface area contributed by atoms with Gasteiger partial charge in [0.1, 0.15) is 6.33 Å². The molecule has 1 aromatic carbocycles. The van der Waals surface area contributed by atoms with Crippen LogP contribution in [-0.4, -0.2) is 29.4 Å². The summed E-state index contributed by atoms with van der Waals surface area (Å²) in [6, 6.07) is 10.4. The highest BCUT2D eigenvalue weighted by molar-refractivity contribution is 5.89. The number of aryl methyl sites for hydroxylation is 2. The maximum Gasteiger partial charge on any atom is 0.225 e. The highest BCUT2D eigenvalue weighted by Gasteiger charge is 2.12. The molecule has 0 atom stereocenters. The summed E-state index contributed by atoms with van der Waals surface area (Å²) in [5.41, 5.74) is 10.2. The van der Waals surface area contributed by atoms with Crippen molar-refractivity contribution in [2.45, 2.75) is 32.7 Å². The number of hydrogen-bond donors (Lipinski definition) is 1. The molecule has 0 saturated carbocycles. The van der Waals surface area contributed by atoms with Crippen LogP contribution in [0.1, 0.15) is 25.3 Å². The monoisotopic (exact) mass is 373 g/mol. The third kappa shape index (κ3) is 3.78. The molecule has 7 heteroatoms. The van der Waals surface area contributed by atoms with Crippen molar-refractivity contribution in [1.29, 1.82) is 0 Å². The number of hydrogen-bond acceptors (Lipinski definition) is 5. The molecule has 5 rings (SSSR count). The fraction of sp³-hybridized carbons (Fsp3) is 0.238. The normalized spacial score (nSPS) is 13.0. The second kappa shape index (κ2) is 8.04. The van der Waals surface area contributed by atoms with E-state index in [1.807, 2.05) is 10.7 Å². The van der Waals surface area contributed by atoms with Gasteiger partial charge in [-0.15, -0.1) is 0 Å². The zero-order valence-corrected chi connectivity index (χ0v) is 15.9. The van der Waals surface area contributed by atoms with Crippen molar-refractivity contribution in [3.63, 3.8) is 0 Å². The predicted molar refractivity (Wildman–Crippen MR) is 111 cm³/mol. The highest BCUT2D eigenvalue weighted by atomic mass is 15.4. The SMILES string of the molecule is CC1=CC=CC1.Nc1nc2c(cnn2CCCc2ccccc2)c2ncnn12. The van der Waals surface area contributed by atoms with E-state index in [0.717, 1.165) is 30.4 Å². The molecule has 142 valence electrons. The van der Waals surface area contributed by atoms with E-state index in [-0.39, 0.29) is 0 Å². The summed E-state index contributed by atoms with van der Waals surface area (Å²) in [7, 11) is 0. The average Bonchev–Trinajstić information content (AvgIpc) is 3.45. The maximum atomic E-state index is 5.92. The number of nitrogens with two attached hydrogens (primary N) is 1. The first-order chi connectivity index (χ1) is 13.7. The standard InChI is InChI=1S/C15H15N7.C6H8/c16-15-20-14-12(13-17-10-19-22(13)15)9-18-21(14)8-4-7-11-5-2-1-3-6-11;1-6-4-2-3-5-6/h1-3,5-6,9-10H,4,7-8H2,(H2,16,20);2-4H,5H2,1H3. The van der Waals surface area contributed by atoms with E-state index < -0.39 is 0 Å². The summed E-state index contributed by atoms with van der Waals surface area (Å²) in [6.45, 7) is 2.93. The van der Waals surface area contributed by atoms with Crippen LogP contribution < -0.4 is 5.73 Å². The minimum atomic E-state index is 0.324. The Morgan fingerprint density at radius 2 is 1.96 bits per heavy atom. The zero-order chi connectivity index (χ0) is 19.3. The van der Waals surface area contributed by atoms with Crippen molar-refractivity contribution in [3.05, 3.63) is 72.2 Å². The Hall–Kier alpha value is -3.48. The summed E-state index contributed by atoms with van der Waals surface area (Å²) in [6.07, 6.45) is 12.8. The van der Waals surface area contributed by atoms with Crippen LogP contribution in [0.3, 0.4) is 0 Å². The number of benzene rings is 1. The van der Waals surface area contributed by atoms with Crippen LogP contribution >= 0.6 is 0 Å². The van der Waals surface area contributed by atoms with Crippen molar-refractivity contribution in [1.82, 2.24) is 29.4 Å². The van der Waals surface area contributed by atoms with Gasteiger partial charge >= 0.3 is 0 Å². The Kier molecular flexibility index (Phi) is 5.14. The van der Waals surface area contributed by atoms with Crippen LogP contribution in [0, 0.1) is 0 Å². The lowest BCUT2D eigenvalue weighted by Gasteiger charge is -2.04. The quantitative estimate of drug-likeness (QED) is 0.591.